The Hall–Kier alpha value is -1.91. The number of likely N-dealkylation sites (N-methyl/N-ethyl adjacent to an activating group) is 1. The molecule has 116 valence electrons. The first kappa shape index (κ1) is 16.5. The highest BCUT2D eigenvalue weighted by molar-refractivity contribution is 6.30. The Morgan fingerprint density at radius 2 is 2.00 bits per heavy atom. The molecule has 22 heavy (non-hydrogen) atoms. The van der Waals surface area contributed by atoms with Crippen molar-refractivity contribution >= 4 is 23.2 Å². The third-order valence-electron chi connectivity index (χ3n) is 3.53. The van der Waals surface area contributed by atoms with Gasteiger partial charge in [-0.3, -0.25) is 9.69 Å². The smallest absolute Gasteiger partial charge is 0.238 e. The molecule has 0 radical (unpaired) electrons. The molecule has 0 saturated carbocycles. The fourth-order valence-corrected chi connectivity index (χ4v) is 2.34. The van der Waals surface area contributed by atoms with E-state index in [-0.39, 0.29) is 24.2 Å². The molecule has 0 fully saturated rings. The Morgan fingerprint density at radius 3 is 2.68 bits per heavy atom. The number of nitrogens with zero attached hydrogens (tertiary/aromatic N) is 1. The molecule has 5 heteroatoms. The zero-order valence-electron chi connectivity index (χ0n) is 12.5. The van der Waals surface area contributed by atoms with Crippen LogP contribution in [-0.4, -0.2) is 24.4 Å². The van der Waals surface area contributed by atoms with Crippen LogP contribution in [0.15, 0.2) is 48.5 Å². The van der Waals surface area contributed by atoms with Gasteiger partial charge in [-0.15, -0.1) is 0 Å². The fraction of sp³-hybridized carbons (Fsp3) is 0.235. The maximum atomic E-state index is 13.5. The van der Waals surface area contributed by atoms with Gasteiger partial charge in [0.25, 0.3) is 0 Å². The van der Waals surface area contributed by atoms with Gasteiger partial charge in [0, 0.05) is 11.1 Å². The molecule has 0 aromatic heterocycles. The average molecular weight is 321 g/mol. The minimum atomic E-state index is -0.443. The quantitative estimate of drug-likeness (QED) is 0.899. The van der Waals surface area contributed by atoms with Gasteiger partial charge in [0.1, 0.15) is 5.82 Å². The molecule has 1 N–H and O–H groups in total. The van der Waals surface area contributed by atoms with Crippen molar-refractivity contribution in [1.29, 1.82) is 0 Å². The number of anilines is 1. The summed E-state index contributed by atoms with van der Waals surface area (Å²) in [6.45, 7) is 2.14. The summed E-state index contributed by atoms with van der Waals surface area (Å²) >= 11 is 5.98. The highest BCUT2D eigenvalue weighted by Crippen LogP contribution is 2.21. The maximum Gasteiger partial charge on any atom is 0.238 e. The molecule has 0 saturated heterocycles. The lowest BCUT2D eigenvalue weighted by Crippen LogP contribution is -2.32. The number of nitrogens with one attached hydrogen (secondary N) is 1. The summed E-state index contributed by atoms with van der Waals surface area (Å²) in [5.74, 6) is -0.706. The molecule has 1 atom stereocenters. The van der Waals surface area contributed by atoms with Crippen molar-refractivity contribution in [3.05, 3.63) is 64.9 Å². The van der Waals surface area contributed by atoms with Crippen LogP contribution in [0.3, 0.4) is 0 Å². The van der Waals surface area contributed by atoms with Crippen molar-refractivity contribution in [1.82, 2.24) is 4.90 Å². The van der Waals surface area contributed by atoms with E-state index in [9.17, 15) is 9.18 Å². The molecule has 0 heterocycles. The molecule has 1 amide bonds. The van der Waals surface area contributed by atoms with Crippen molar-refractivity contribution in [3.8, 4) is 0 Å². The number of hydrogen-bond acceptors (Lipinski definition) is 2. The lowest BCUT2D eigenvalue weighted by Gasteiger charge is -2.24. The predicted octanol–water partition coefficient (Wildman–Crippen LogP) is 4.11. The molecule has 0 aliphatic rings. The topological polar surface area (TPSA) is 32.3 Å². The van der Waals surface area contributed by atoms with Crippen molar-refractivity contribution in [2.45, 2.75) is 13.0 Å². The zero-order chi connectivity index (χ0) is 16.1. The van der Waals surface area contributed by atoms with Gasteiger partial charge in [0.15, 0.2) is 0 Å². The summed E-state index contributed by atoms with van der Waals surface area (Å²) in [5.41, 5.74) is 1.21. The van der Waals surface area contributed by atoms with Gasteiger partial charge in [0.05, 0.1) is 12.2 Å². The van der Waals surface area contributed by atoms with Crippen LogP contribution in [-0.2, 0) is 4.79 Å². The zero-order valence-corrected chi connectivity index (χ0v) is 13.3. The molecular weight excluding hydrogens is 303 g/mol. The van der Waals surface area contributed by atoms with E-state index in [1.54, 1.807) is 12.1 Å². The second kappa shape index (κ2) is 7.38. The number of carbonyl (C=O) groups excluding carboxylic acids is 1. The molecular formula is C17H18ClFN2O. The van der Waals surface area contributed by atoms with Crippen molar-refractivity contribution in [3.63, 3.8) is 0 Å². The monoisotopic (exact) mass is 320 g/mol. The number of para-hydroxylation sites is 1. The Balaban J connectivity index is 1.98. The summed E-state index contributed by atoms with van der Waals surface area (Å²) in [6, 6.07) is 13.6. The number of rotatable bonds is 5. The third-order valence-corrected chi connectivity index (χ3v) is 3.77. The van der Waals surface area contributed by atoms with Crippen LogP contribution in [0.5, 0.6) is 0 Å². The first-order valence-electron chi connectivity index (χ1n) is 6.97. The first-order chi connectivity index (χ1) is 10.5. The number of amides is 1. The normalized spacial score (nSPS) is 12.2. The van der Waals surface area contributed by atoms with E-state index in [1.807, 2.05) is 43.1 Å². The van der Waals surface area contributed by atoms with Crippen LogP contribution >= 0.6 is 11.6 Å². The second-order valence-electron chi connectivity index (χ2n) is 5.17. The van der Waals surface area contributed by atoms with Crippen LogP contribution in [0.1, 0.15) is 18.5 Å². The van der Waals surface area contributed by atoms with E-state index in [2.05, 4.69) is 5.32 Å². The first-order valence-corrected chi connectivity index (χ1v) is 7.35. The number of halogens is 2. The van der Waals surface area contributed by atoms with E-state index in [1.165, 1.54) is 12.1 Å². The van der Waals surface area contributed by atoms with Crippen LogP contribution in [0, 0.1) is 5.82 Å². The van der Waals surface area contributed by atoms with Crippen LogP contribution in [0.2, 0.25) is 5.02 Å². The minimum Gasteiger partial charge on any atom is -0.322 e. The Morgan fingerprint density at radius 1 is 1.27 bits per heavy atom. The van der Waals surface area contributed by atoms with Crippen molar-refractivity contribution in [2.75, 3.05) is 18.9 Å². The summed E-state index contributed by atoms with van der Waals surface area (Å²) in [7, 11) is 1.84. The van der Waals surface area contributed by atoms with Gasteiger partial charge in [-0.05, 0) is 43.8 Å². The molecule has 1 unspecified atom stereocenters. The number of carbonyl (C=O) groups is 1. The van der Waals surface area contributed by atoms with E-state index in [0.717, 1.165) is 5.56 Å². The van der Waals surface area contributed by atoms with Gasteiger partial charge >= 0.3 is 0 Å². The summed E-state index contributed by atoms with van der Waals surface area (Å²) in [6.07, 6.45) is 0. The van der Waals surface area contributed by atoms with Gasteiger partial charge in [-0.25, -0.2) is 4.39 Å². The minimum absolute atomic E-state index is 0.0186. The van der Waals surface area contributed by atoms with E-state index in [0.29, 0.717) is 5.02 Å². The van der Waals surface area contributed by atoms with Crippen LogP contribution in [0.4, 0.5) is 10.1 Å². The molecule has 0 spiro atoms. The van der Waals surface area contributed by atoms with E-state index in [4.69, 9.17) is 11.6 Å². The number of hydrogen-bond donors (Lipinski definition) is 1. The molecule has 0 bridgehead atoms. The van der Waals surface area contributed by atoms with Crippen LogP contribution < -0.4 is 5.32 Å². The third kappa shape index (κ3) is 4.29. The standard InChI is InChI=1S/C17H18ClFN2O/c1-12(13-6-5-7-14(18)10-13)21(2)11-17(22)20-16-9-4-3-8-15(16)19/h3-10,12H,11H2,1-2H3,(H,20,22). The molecule has 0 aliphatic carbocycles. The predicted molar refractivity (Wildman–Crippen MR) is 87.5 cm³/mol. The molecule has 2 rings (SSSR count). The van der Waals surface area contributed by atoms with Gasteiger partial charge < -0.3 is 5.32 Å². The van der Waals surface area contributed by atoms with Gasteiger partial charge in [-0.2, -0.15) is 0 Å². The van der Waals surface area contributed by atoms with Crippen molar-refractivity contribution in [2.24, 2.45) is 0 Å². The van der Waals surface area contributed by atoms with Gasteiger partial charge in [0.2, 0.25) is 5.91 Å². The largest absolute Gasteiger partial charge is 0.322 e. The summed E-state index contributed by atoms with van der Waals surface area (Å²) in [5, 5.41) is 3.24. The van der Waals surface area contributed by atoms with Crippen molar-refractivity contribution < 1.29 is 9.18 Å². The molecule has 0 aliphatic heterocycles. The fourth-order valence-electron chi connectivity index (χ4n) is 2.14. The van der Waals surface area contributed by atoms with Gasteiger partial charge in [-0.1, -0.05) is 35.9 Å². The second-order valence-corrected chi connectivity index (χ2v) is 5.61. The maximum absolute atomic E-state index is 13.5. The lowest BCUT2D eigenvalue weighted by molar-refractivity contribution is -0.117. The highest BCUT2D eigenvalue weighted by atomic mass is 35.5. The summed E-state index contributed by atoms with van der Waals surface area (Å²) in [4.78, 5) is 13.9. The number of benzene rings is 2. The van der Waals surface area contributed by atoms with E-state index < -0.39 is 5.82 Å². The summed E-state index contributed by atoms with van der Waals surface area (Å²) < 4.78 is 13.5. The molecule has 3 nitrogen and oxygen atoms in total. The Kier molecular flexibility index (Phi) is 5.52. The van der Waals surface area contributed by atoms with Crippen LogP contribution in [0.25, 0.3) is 0 Å². The lowest BCUT2D eigenvalue weighted by atomic mass is 10.1. The van der Waals surface area contributed by atoms with E-state index >= 15 is 0 Å². The molecule has 2 aromatic rings. The average Bonchev–Trinajstić information content (AvgIpc) is 2.48. The Labute approximate surface area is 134 Å². The molecule has 2 aromatic carbocycles. The highest BCUT2D eigenvalue weighted by Gasteiger charge is 2.16. The SMILES string of the molecule is CC(c1cccc(Cl)c1)N(C)CC(=O)Nc1ccccc1F. The Bertz CT molecular complexity index is 663.